The normalized spacial score (nSPS) is 1.75. The molecule has 0 aliphatic carbocycles. The molecule has 0 atom stereocenters. The van der Waals surface area contributed by atoms with Gasteiger partial charge >= 0.3 is 29.6 Å². The van der Waals surface area contributed by atoms with E-state index in [1.807, 2.05) is 0 Å². The zero-order valence-corrected chi connectivity index (χ0v) is 4.36. The van der Waals surface area contributed by atoms with Crippen molar-refractivity contribution in [3.8, 4) is 0 Å². The zero-order valence-electron chi connectivity index (χ0n) is 2.36. The van der Waals surface area contributed by atoms with Crippen molar-refractivity contribution >= 4 is 0 Å². The molecule has 0 rings (SSSR count). The van der Waals surface area contributed by atoms with Gasteiger partial charge in [0.2, 0.25) is 0 Å². The van der Waals surface area contributed by atoms with Gasteiger partial charge in [0.1, 0.15) is 0 Å². The molecule has 3 heteroatoms. The molecule has 0 saturated carbocycles. The number of hydrogen-bond acceptors (Lipinski definition) is 1. The van der Waals surface area contributed by atoms with Crippen LogP contribution in [-0.4, -0.2) is 0 Å². The van der Waals surface area contributed by atoms with Crippen molar-refractivity contribution in [1.82, 2.24) is 0 Å². The van der Waals surface area contributed by atoms with Crippen LogP contribution in [0.4, 0.5) is 0 Å². The molecule has 16 valence electrons. The summed E-state index contributed by atoms with van der Waals surface area (Å²) in [5, 5.41) is 9.72. The molecule has 0 aromatic heterocycles. The van der Waals surface area contributed by atoms with E-state index in [4.69, 9.17) is 11.8 Å². The maximum absolute atomic E-state index is 8.22. The van der Waals surface area contributed by atoms with Gasteiger partial charge in [0.05, 0.1) is 0 Å². The average Bonchev–Trinajstić information content (AvgIpc) is 0.918. The van der Waals surface area contributed by atoms with Gasteiger partial charge in [-0.15, -0.1) is 0 Å². The number of nitrogens with zero attached hydrogens (tertiary/aromatic N) is 1. The van der Waals surface area contributed by atoms with Gasteiger partial charge in [-0.1, -0.05) is 0 Å². The van der Waals surface area contributed by atoms with Crippen molar-refractivity contribution in [3.63, 3.8) is 0 Å². The van der Waals surface area contributed by atoms with Crippen LogP contribution in [0.25, 0.3) is 5.01 Å². The second-order valence-corrected chi connectivity index (χ2v) is 0.0913. The Bertz CT molecular complexity index is 29.5. The first-order chi connectivity index (χ1) is 1.41. The van der Waals surface area contributed by atoms with Gasteiger partial charge in [-0.3, -0.25) is 5.01 Å². The number of rotatable bonds is 0. The average molecular weight is 65.0 g/mol. The van der Waals surface area contributed by atoms with Gasteiger partial charge in [0.15, 0.2) is 0 Å². The molecule has 0 unspecified atom stereocenters. The van der Waals surface area contributed by atoms with E-state index in [9.17, 15) is 0 Å². The van der Waals surface area contributed by atoms with E-state index in [-0.39, 0.29) is 29.6 Å². The summed E-state index contributed by atoms with van der Waals surface area (Å²) in [6.07, 6.45) is 0. The molecule has 0 N–H and O–H groups in total. The largest absolute Gasteiger partial charge is 1.00 e. The summed E-state index contributed by atoms with van der Waals surface area (Å²) in [5.74, 6) is 0. The van der Waals surface area contributed by atoms with Crippen molar-refractivity contribution in [1.29, 1.82) is 0 Å². The van der Waals surface area contributed by atoms with Gasteiger partial charge in [0, 0.05) is 0 Å². The fourth-order valence-corrected chi connectivity index (χ4v) is 0. The first-order valence-corrected chi connectivity index (χ1v) is 0.406. The molecule has 0 bridgehead atoms. The maximum Gasteiger partial charge on any atom is 1.00 e. The third kappa shape index (κ3) is 45.3. The summed E-state index contributed by atoms with van der Waals surface area (Å²) < 4.78 is 0. The van der Waals surface area contributed by atoms with Crippen molar-refractivity contribution in [2.75, 3.05) is 0 Å². The third-order valence-corrected chi connectivity index (χ3v) is 0. The summed E-state index contributed by atoms with van der Waals surface area (Å²) in [4.78, 5) is 0. The van der Waals surface area contributed by atoms with Crippen LogP contribution in [0.5, 0.6) is 0 Å². The first-order valence-electron chi connectivity index (χ1n) is 0.406. The van der Waals surface area contributed by atoms with Crippen LogP contribution in [-0.2, 0) is 0 Å². The molecule has 0 heterocycles. The van der Waals surface area contributed by atoms with Crippen LogP contribution in [0.3, 0.4) is 0 Å². The third-order valence-electron chi connectivity index (χ3n) is 0. The quantitative estimate of drug-likeness (QED) is 0.173. The molecule has 0 aromatic rings. The standard InChI is InChI=1S/CNO.Na/c1-2-3;/q-1;+1. The van der Waals surface area contributed by atoms with Crippen LogP contribution in [0.15, 0.2) is 0 Å². The second-order valence-electron chi connectivity index (χ2n) is 0.0913. The maximum atomic E-state index is 8.22. The minimum atomic E-state index is 0. The summed E-state index contributed by atoms with van der Waals surface area (Å²) in [6.45, 7) is 5.28. The molecule has 0 spiro atoms. The minimum absolute atomic E-state index is 0. The number of hydrogen-bond donors (Lipinski definition) is 0. The second kappa shape index (κ2) is 10.4. The molecule has 4 heavy (non-hydrogen) atoms. The van der Waals surface area contributed by atoms with E-state index in [1.165, 1.54) is 5.01 Å². The molecule has 0 aliphatic rings. The van der Waals surface area contributed by atoms with Crippen molar-refractivity contribution in [2.24, 2.45) is 0 Å². The zero-order chi connectivity index (χ0) is 2.71. The fraction of sp³-hybridized carbons (Fsp3) is 0. The van der Waals surface area contributed by atoms with Gasteiger partial charge in [-0.05, 0) is 0 Å². The molecule has 2 nitrogen and oxygen atoms in total. The molecule has 0 aromatic carbocycles. The van der Waals surface area contributed by atoms with Crippen LogP contribution in [0.2, 0.25) is 0 Å². The fourth-order valence-electron chi connectivity index (χ4n) is 0. The van der Waals surface area contributed by atoms with E-state index in [0.29, 0.717) is 0 Å². The first kappa shape index (κ1) is 8.85. The summed E-state index contributed by atoms with van der Waals surface area (Å²) >= 11 is 0. The van der Waals surface area contributed by atoms with Crippen molar-refractivity contribution < 1.29 is 29.6 Å². The molecule has 0 radical (unpaired) electrons. The Kier molecular flexibility index (Phi) is 23.0. The van der Waals surface area contributed by atoms with E-state index < -0.39 is 0 Å². The van der Waals surface area contributed by atoms with Crippen molar-refractivity contribution in [3.05, 3.63) is 16.8 Å². The summed E-state index contributed by atoms with van der Waals surface area (Å²) in [5.41, 5.74) is 0. The van der Waals surface area contributed by atoms with E-state index >= 15 is 0 Å². The molecule has 0 aliphatic heterocycles. The van der Waals surface area contributed by atoms with Crippen LogP contribution in [0, 0.1) is 11.8 Å². The van der Waals surface area contributed by atoms with E-state index in [0.717, 1.165) is 0 Å². The predicted octanol–water partition coefficient (Wildman–Crippen LogP) is -2.59. The Hall–Kier alpha value is 0.290. The Morgan fingerprint density at radius 1 is 1.75 bits per heavy atom. The smallest absolute Gasteiger partial charge is 0.539 e. The van der Waals surface area contributed by atoms with Gasteiger partial charge < -0.3 is 5.21 Å². The molecule has 0 amide bonds. The van der Waals surface area contributed by atoms with Crippen LogP contribution >= 0.6 is 0 Å². The topological polar surface area (TPSA) is 27.4 Å². The molecular formula is CNNaO. The SMILES string of the molecule is [C-]#[N+][O-].[Na+]. The van der Waals surface area contributed by atoms with Crippen LogP contribution < -0.4 is 29.6 Å². The summed E-state index contributed by atoms with van der Waals surface area (Å²) in [6, 6.07) is 0. The van der Waals surface area contributed by atoms with Gasteiger partial charge in [-0.2, -0.15) is 0 Å². The summed E-state index contributed by atoms with van der Waals surface area (Å²) in [7, 11) is 0. The van der Waals surface area contributed by atoms with Gasteiger partial charge in [0.25, 0.3) is 0 Å². The molecule has 0 saturated heterocycles. The minimum Gasteiger partial charge on any atom is -0.539 e. The Morgan fingerprint density at radius 2 is 1.75 bits per heavy atom. The predicted molar refractivity (Wildman–Crippen MR) is 9.97 cm³/mol. The van der Waals surface area contributed by atoms with Crippen LogP contribution in [0.1, 0.15) is 0 Å². The Balaban J connectivity index is 0. The monoisotopic (exact) mass is 65.0 g/mol. The van der Waals surface area contributed by atoms with E-state index in [1.54, 1.807) is 0 Å². The van der Waals surface area contributed by atoms with Crippen molar-refractivity contribution in [2.45, 2.75) is 0 Å². The van der Waals surface area contributed by atoms with E-state index in [2.05, 4.69) is 0 Å². The Morgan fingerprint density at radius 3 is 1.75 bits per heavy atom. The molecule has 0 fully saturated rings. The Labute approximate surface area is 46.5 Å². The van der Waals surface area contributed by atoms with Gasteiger partial charge in [-0.25, -0.2) is 6.57 Å². The molecular weight excluding hydrogens is 65.0 g/mol.